The van der Waals surface area contributed by atoms with Crippen LogP contribution in [-0.2, 0) is 62.0 Å². The standard InChI is InChI=1S/C18H27FO3.C16H23FO3.2C15H21FO3.C13H15F3O3.C13H17FO3.C12H17FO2.C12H15FO2/c1-4-21-18(20)9-7-5-6-8-12-22-17-13-15(14(2)3)10-11-16(17)19;1-12(2)13-8-9-14(17)15(11-13)20-10-6-4-5-7-16(18)19-3;1-6-18-14(17)15(4,5)19-13-9-11(10(2)3)7-8-12(13)16;1-11(2)12-7-8-13(16)14(10-12)19-9-5-4-6-15(17)18-3;1-4-18-12(17)13(15,16)19-11-7-9(8(2)3)5-6-10(11)14;1-8(2)10-5-6-11(14)12(7-10)17-9(3)13(15)16-4;1-8(2)10-4-5-11(13)12(6-10)15-9(3)7-14;1-4-12(14)15-11-7-9(8(2)3)5-6-10(11)13/h10-11,13-14H,4-9,12H2,1-3H3;8-9,11-12H,4-7,10H2,1-3H3;7-10H,6H2,1-5H3;7-8,10-11H,4-6,9H2,1-3H3;5-8H,4H2,1-3H3;5-9H,1-4H3;4-6,8-9,14H,7H2,1-3H3;5-8H,4H2,1-3H3. The Hall–Kier alpha value is -12.1. The van der Waals surface area contributed by atoms with Crippen LogP contribution >= 0.6 is 0 Å². The van der Waals surface area contributed by atoms with Gasteiger partial charge in [0.05, 0.1) is 67.6 Å². The number of rotatable bonds is 46. The second-order valence-corrected chi connectivity index (χ2v) is 36.6. The van der Waals surface area contributed by atoms with E-state index in [1.807, 2.05) is 90.0 Å². The van der Waals surface area contributed by atoms with Crippen LogP contribution in [0.5, 0.6) is 46.0 Å². The Morgan fingerprint density at radius 3 is 0.877 bits per heavy atom. The van der Waals surface area contributed by atoms with Crippen LogP contribution < -0.4 is 37.9 Å². The Kier molecular flexibility index (Phi) is 63.8. The second kappa shape index (κ2) is 70.7. The molecule has 0 saturated carbocycles. The maximum Gasteiger partial charge on any atom is 0.502 e. The molecule has 2 atom stereocenters. The molecule has 32 heteroatoms. The van der Waals surface area contributed by atoms with Crippen molar-refractivity contribution in [1.82, 2.24) is 0 Å². The van der Waals surface area contributed by atoms with E-state index in [1.54, 1.807) is 120 Å². The molecule has 22 nitrogen and oxygen atoms in total. The Morgan fingerprint density at radius 2 is 0.562 bits per heavy atom. The highest BCUT2D eigenvalue weighted by atomic mass is 19.3. The van der Waals surface area contributed by atoms with Crippen molar-refractivity contribution in [2.75, 3.05) is 67.6 Å². The van der Waals surface area contributed by atoms with Crippen molar-refractivity contribution < 1.29 is 149 Å². The van der Waals surface area contributed by atoms with E-state index in [0.29, 0.717) is 99.3 Å². The van der Waals surface area contributed by atoms with Crippen molar-refractivity contribution in [3.05, 3.63) is 237 Å². The molecule has 2 unspecified atom stereocenters. The SMILES string of the molecule is CC(CO)Oc1cc(C(C)C)ccc1F.CCC(=O)Oc1cc(C(C)C)ccc1F.CCOC(=O)C(C)(C)Oc1cc(C(C)C)ccc1F.CCOC(=O)C(F)(F)Oc1cc(C(C)C)ccc1F.CCOC(=O)CCCCCCOc1cc(C(C)C)ccc1F.COC(=O)C(C)Oc1cc(C(C)C)ccc1F.COC(=O)CCCCCOc1cc(C(C)C)ccc1F.COC(=O)CCCCOc1cc(C(C)C)ccc1F. The molecule has 0 heterocycles. The topological polar surface area (TPSA) is 269 Å². The molecule has 0 spiro atoms. The molecule has 8 aromatic carbocycles. The number of aliphatic hydroxyl groups is 1. The minimum atomic E-state index is -4.22. The molecule has 8 aromatic rings. The lowest BCUT2D eigenvalue weighted by Crippen LogP contribution is -2.40. The lowest BCUT2D eigenvalue weighted by molar-refractivity contribution is -0.217. The summed E-state index contributed by atoms with van der Waals surface area (Å²) in [6.45, 7) is 46.7. The third-order valence-electron chi connectivity index (χ3n) is 21.4. The summed E-state index contributed by atoms with van der Waals surface area (Å²) in [7, 11) is 4.02. The highest BCUT2D eigenvalue weighted by Gasteiger charge is 2.45. The quantitative estimate of drug-likeness (QED) is 0.0122. The summed E-state index contributed by atoms with van der Waals surface area (Å²) in [5, 5.41) is 8.82. The summed E-state index contributed by atoms with van der Waals surface area (Å²) in [6.07, 6.45) is 3.48. The summed E-state index contributed by atoms with van der Waals surface area (Å²) < 4.78 is 204. The zero-order chi connectivity index (χ0) is 111. The predicted octanol–water partition coefficient (Wildman–Crippen LogP) is 28.6. The largest absolute Gasteiger partial charge is 0.502 e. The number of hydrogen-bond donors (Lipinski definition) is 1. The number of halogens is 10. The third kappa shape index (κ3) is 52.3. The van der Waals surface area contributed by atoms with E-state index in [-0.39, 0.29) is 126 Å². The van der Waals surface area contributed by atoms with Crippen LogP contribution in [0.3, 0.4) is 0 Å². The van der Waals surface area contributed by atoms with Crippen LogP contribution in [0.4, 0.5) is 43.9 Å². The molecular formula is C114H156F10O22. The first-order valence-electron chi connectivity index (χ1n) is 49.6. The molecule has 0 aromatic heterocycles. The van der Waals surface area contributed by atoms with Gasteiger partial charge in [-0.3, -0.25) is 19.2 Å². The molecule has 0 aliphatic rings. The summed E-state index contributed by atoms with van der Waals surface area (Å²) >= 11 is 0. The number of benzene rings is 8. The first-order chi connectivity index (χ1) is 68.7. The minimum absolute atomic E-state index is 0.0131. The van der Waals surface area contributed by atoms with Crippen LogP contribution in [-0.4, -0.2) is 138 Å². The molecule has 814 valence electrons. The number of esters is 7. The Morgan fingerprint density at radius 1 is 0.301 bits per heavy atom. The maximum atomic E-state index is 13.7. The van der Waals surface area contributed by atoms with Crippen LogP contribution in [0.1, 0.15) is 341 Å². The number of hydrogen-bond acceptors (Lipinski definition) is 22. The average Bonchev–Trinajstić information content (AvgIpc) is 0.824. The summed E-state index contributed by atoms with van der Waals surface area (Å²) in [6, 6.07) is 37.4. The van der Waals surface area contributed by atoms with Crippen molar-refractivity contribution in [3.63, 3.8) is 0 Å². The van der Waals surface area contributed by atoms with E-state index in [1.165, 1.54) is 83.7 Å². The molecule has 0 bridgehead atoms. The number of ether oxygens (including phenoxy) is 14. The Bertz CT molecular complexity index is 5110. The lowest BCUT2D eigenvalue weighted by Gasteiger charge is -2.24. The number of alkyl halides is 2. The molecule has 0 fully saturated rings. The van der Waals surface area contributed by atoms with Gasteiger partial charge in [0.15, 0.2) is 104 Å². The van der Waals surface area contributed by atoms with Gasteiger partial charge in [0, 0.05) is 25.7 Å². The van der Waals surface area contributed by atoms with Gasteiger partial charge in [0.25, 0.3) is 0 Å². The monoisotopic (exact) mass is 2070 g/mol. The zero-order valence-electron chi connectivity index (χ0n) is 90.1. The van der Waals surface area contributed by atoms with Gasteiger partial charge in [-0.25, -0.2) is 49.5 Å². The van der Waals surface area contributed by atoms with E-state index < -0.39 is 70.7 Å². The molecule has 0 saturated heterocycles. The molecular weight excluding hydrogens is 1910 g/mol. The molecule has 0 amide bonds. The number of aliphatic hydroxyl groups excluding tert-OH is 1. The van der Waals surface area contributed by atoms with Crippen molar-refractivity contribution in [2.45, 2.75) is 321 Å². The molecule has 1 N–H and O–H groups in total. The molecule has 0 aliphatic carbocycles. The van der Waals surface area contributed by atoms with Crippen LogP contribution in [0.2, 0.25) is 0 Å². The van der Waals surface area contributed by atoms with E-state index in [0.717, 1.165) is 96.0 Å². The summed E-state index contributed by atoms with van der Waals surface area (Å²) in [5.74, 6) is -4.85. The third-order valence-corrected chi connectivity index (χ3v) is 21.4. The summed E-state index contributed by atoms with van der Waals surface area (Å²) in [4.78, 5) is 77.9. The van der Waals surface area contributed by atoms with E-state index in [4.69, 9.17) is 47.7 Å². The van der Waals surface area contributed by atoms with Crippen LogP contribution in [0.25, 0.3) is 0 Å². The number of carbonyl (C=O) groups is 7. The number of carbonyl (C=O) groups excluding carboxylic acids is 7. The highest BCUT2D eigenvalue weighted by molar-refractivity contribution is 5.79. The number of methoxy groups -OCH3 is 3. The summed E-state index contributed by atoms with van der Waals surface area (Å²) in [5.41, 5.74) is 6.48. The van der Waals surface area contributed by atoms with Gasteiger partial charge in [-0.2, -0.15) is 8.78 Å². The van der Waals surface area contributed by atoms with Crippen molar-refractivity contribution >= 4 is 41.8 Å². The van der Waals surface area contributed by atoms with Crippen LogP contribution in [0.15, 0.2) is 146 Å². The normalized spacial score (nSPS) is 11.3. The number of unbranched alkanes of at least 4 members (excludes halogenated alkanes) is 6. The fourth-order valence-electron chi connectivity index (χ4n) is 12.3. The van der Waals surface area contributed by atoms with E-state index >= 15 is 0 Å². The van der Waals surface area contributed by atoms with Gasteiger partial charge in [0.2, 0.25) is 0 Å². The highest BCUT2D eigenvalue weighted by Crippen LogP contribution is 2.35. The van der Waals surface area contributed by atoms with Gasteiger partial charge < -0.3 is 71.4 Å². The van der Waals surface area contributed by atoms with E-state index in [2.05, 4.69) is 51.4 Å². The first-order valence-corrected chi connectivity index (χ1v) is 49.6. The first kappa shape index (κ1) is 132. The Balaban J connectivity index is 0.000000836. The molecule has 146 heavy (non-hydrogen) atoms. The van der Waals surface area contributed by atoms with Gasteiger partial charge in [-0.15, -0.1) is 0 Å². The van der Waals surface area contributed by atoms with E-state index in [9.17, 15) is 77.5 Å². The fraction of sp³-hybridized carbons (Fsp3) is 0.518. The zero-order valence-corrected chi connectivity index (χ0v) is 90.1. The smallest absolute Gasteiger partial charge is 0.491 e. The van der Waals surface area contributed by atoms with Gasteiger partial charge in [-0.1, -0.05) is 179 Å². The molecule has 0 aliphatic heterocycles. The van der Waals surface area contributed by atoms with Crippen molar-refractivity contribution in [1.29, 1.82) is 0 Å². The van der Waals surface area contributed by atoms with Gasteiger partial charge >= 0.3 is 47.9 Å². The molecule has 8 rings (SSSR count). The lowest BCUT2D eigenvalue weighted by atomic mass is 10.0. The van der Waals surface area contributed by atoms with Gasteiger partial charge in [-0.05, 0) is 282 Å². The fourth-order valence-corrected chi connectivity index (χ4v) is 12.3. The van der Waals surface area contributed by atoms with Crippen molar-refractivity contribution in [3.8, 4) is 46.0 Å². The van der Waals surface area contributed by atoms with Crippen LogP contribution in [0, 0.1) is 46.5 Å². The Labute approximate surface area is 857 Å². The maximum absolute atomic E-state index is 13.7. The van der Waals surface area contributed by atoms with Gasteiger partial charge in [0.1, 0.15) is 6.10 Å². The van der Waals surface area contributed by atoms with Crippen molar-refractivity contribution in [2.24, 2.45) is 0 Å². The predicted molar refractivity (Wildman–Crippen MR) is 545 cm³/mol. The molecule has 0 radical (unpaired) electrons. The second-order valence-electron chi connectivity index (χ2n) is 36.6. The average molecular weight is 2070 g/mol. The minimum Gasteiger partial charge on any atom is -0.491 e.